The highest BCUT2D eigenvalue weighted by Crippen LogP contribution is 2.52. The minimum atomic E-state index is -4.32. The Kier molecular flexibility index (Phi) is 2.86. The Labute approximate surface area is 106 Å². The van der Waals surface area contributed by atoms with Crippen LogP contribution in [-0.4, -0.2) is 11.7 Å². The number of benzene rings is 1. The van der Waals surface area contributed by atoms with Crippen LogP contribution in [0, 0.1) is 0 Å². The molecule has 0 radical (unpaired) electrons. The van der Waals surface area contributed by atoms with Crippen molar-refractivity contribution in [1.29, 1.82) is 0 Å². The minimum Gasteiger partial charge on any atom is -0.399 e. The van der Waals surface area contributed by atoms with Crippen molar-refractivity contribution >= 4 is 34.6 Å². The third kappa shape index (κ3) is 2.26. The first-order valence-corrected chi connectivity index (χ1v) is 5.60. The minimum absolute atomic E-state index is 0.0214. The number of halogens is 5. The molecule has 0 amide bonds. The highest BCUT2D eigenvalue weighted by molar-refractivity contribution is 6.39. The molecule has 94 valence electrons. The van der Waals surface area contributed by atoms with Crippen LogP contribution >= 0.6 is 23.2 Å². The normalized spacial score (nSPS) is 17.9. The molecule has 0 spiro atoms. The van der Waals surface area contributed by atoms with Gasteiger partial charge in [-0.15, -0.1) is 0 Å². The number of nitrogens with two attached hydrogens (primary N) is 1. The van der Waals surface area contributed by atoms with Gasteiger partial charge in [0.25, 0.3) is 0 Å². The van der Waals surface area contributed by atoms with Gasteiger partial charge in [0.1, 0.15) is 5.54 Å². The van der Waals surface area contributed by atoms with Crippen LogP contribution < -0.4 is 11.1 Å². The molecule has 3 N–H and O–H groups in total. The average molecular weight is 285 g/mol. The van der Waals surface area contributed by atoms with Gasteiger partial charge in [-0.1, -0.05) is 23.2 Å². The van der Waals surface area contributed by atoms with Crippen LogP contribution in [0.1, 0.15) is 12.8 Å². The third-order valence-corrected chi connectivity index (χ3v) is 3.32. The van der Waals surface area contributed by atoms with Crippen molar-refractivity contribution in [2.75, 3.05) is 11.1 Å². The van der Waals surface area contributed by atoms with Gasteiger partial charge in [-0.3, -0.25) is 0 Å². The molecular formula is C10H9Cl2F3N2. The van der Waals surface area contributed by atoms with Gasteiger partial charge in [0.2, 0.25) is 0 Å². The average Bonchev–Trinajstić information content (AvgIpc) is 2.90. The van der Waals surface area contributed by atoms with E-state index in [2.05, 4.69) is 5.32 Å². The Hall–Kier alpha value is -0.810. The second kappa shape index (κ2) is 3.85. The fourth-order valence-corrected chi connectivity index (χ4v) is 2.15. The second-order valence-corrected chi connectivity index (χ2v) is 4.88. The fraction of sp³-hybridized carbons (Fsp3) is 0.400. The van der Waals surface area contributed by atoms with Crippen molar-refractivity contribution < 1.29 is 13.2 Å². The van der Waals surface area contributed by atoms with E-state index in [1.807, 2.05) is 0 Å². The third-order valence-electron chi connectivity index (χ3n) is 2.72. The lowest BCUT2D eigenvalue weighted by Crippen LogP contribution is -2.38. The quantitative estimate of drug-likeness (QED) is 0.803. The first-order chi connectivity index (χ1) is 7.75. The van der Waals surface area contributed by atoms with E-state index in [-0.39, 0.29) is 28.6 Å². The van der Waals surface area contributed by atoms with Gasteiger partial charge in [0.15, 0.2) is 0 Å². The van der Waals surface area contributed by atoms with E-state index in [9.17, 15) is 13.2 Å². The lowest BCUT2D eigenvalue weighted by molar-refractivity contribution is -0.151. The summed E-state index contributed by atoms with van der Waals surface area (Å²) in [4.78, 5) is 0. The number of alkyl halides is 3. The Morgan fingerprint density at radius 1 is 1.18 bits per heavy atom. The van der Waals surface area contributed by atoms with Crippen molar-refractivity contribution in [3.8, 4) is 0 Å². The molecule has 2 nitrogen and oxygen atoms in total. The number of hydrogen-bond donors (Lipinski definition) is 2. The fourth-order valence-electron chi connectivity index (χ4n) is 1.56. The van der Waals surface area contributed by atoms with E-state index < -0.39 is 11.7 Å². The summed E-state index contributed by atoms with van der Waals surface area (Å²) in [6.45, 7) is 0. The summed E-state index contributed by atoms with van der Waals surface area (Å²) in [6.07, 6.45) is -4.28. The first-order valence-electron chi connectivity index (χ1n) is 4.85. The predicted molar refractivity (Wildman–Crippen MR) is 62.5 cm³/mol. The molecule has 1 saturated carbocycles. The van der Waals surface area contributed by atoms with E-state index in [0.29, 0.717) is 5.69 Å². The summed E-state index contributed by atoms with van der Waals surface area (Å²) in [5.41, 5.74) is 3.97. The maximum atomic E-state index is 12.8. The molecule has 7 heteroatoms. The van der Waals surface area contributed by atoms with Crippen LogP contribution in [0.15, 0.2) is 12.1 Å². The zero-order valence-electron chi connectivity index (χ0n) is 8.54. The molecule has 2 rings (SSSR count). The van der Waals surface area contributed by atoms with Crippen molar-refractivity contribution in [2.45, 2.75) is 24.6 Å². The molecule has 0 unspecified atom stereocenters. The summed E-state index contributed by atoms with van der Waals surface area (Å²) < 4.78 is 38.3. The highest BCUT2D eigenvalue weighted by atomic mass is 35.5. The lowest BCUT2D eigenvalue weighted by atomic mass is 10.2. The monoisotopic (exact) mass is 284 g/mol. The molecule has 0 saturated heterocycles. The molecule has 1 fully saturated rings. The van der Waals surface area contributed by atoms with Gasteiger partial charge in [0.05, 0.1) is 15.7 Å². The zero-order chi connectivity index (χ0) is 12.8. The van der Waals surface area contributed by atoms with Crippen LogP contribution in [0.3, 0.4) is 0 Å². The summed E-state index contributed by atoms with van der Waals surface area (Å²) in [5, 5.41) is 2.57. The second-order valence-electron chi connectivity index (χ2n) is 4.06. The van der Waals surface area contributed by atoms with Gasteiger partial charge in [-0.05, 0) is 25.0 Å². The predicted octanol–water partition coefficient (Wildman–Crippen LogP) is 4.08. The van der Waals surface area contributed by atoms with E-state index >= 15 is 0 Å². The SMILES string of the molecule is Nc1cc(Cl)c(NC2(C(F)(F)F)CC2)c(Cl)c1. The number of anilines is 2. The first kappa shape index (κ1) is 12.6. The molecule has 1 aliphatic rings. The van der Waals surface area contributed by atoms with Crippen LogP contribution in [0.25, 0.3) is 0 Å². The molecule has 1 aromatic rings. The Morgan fingerprint density at radius 2 is 1.65 bits per heavy atom. The number of hydrogen-bond acceptors (Lipinski definition) is 2. The molecule has 0 bridgehead atoms. The van der Waals surface area contributed by atoms with Crippen molar-refractivity contribution in [3.63, 3.8) is 0 Å². The van der Waals surface area contributed by atoms with Crippen molar-refractivity contribution in [2.24, 2.45) is 0 Å². The Bertz CT molecular complexity index is 432. The van der Waals surface area contributed by atoms with E-state index in [4.69, 9.17) is 28.9 Å². The Balaban J connectivity index is 2.32. The van der Waals surface area contributed by atoms with E-state index in [1.54, 1.807) is 0 Å². The zero-order valence-corrected chi connectivity index (χ0v) is 10.0. The van der Waals surface area contributed by atoms with Gasteiger partial charge in [0, 0.05) is 5.69 Å². The molecule has 0 heterocycles. The molecule has 1 aliphatic carbocycles. The van der Waals surface area contributed by atoms with E-state index in [0.717, 1.165) is 0 Å². The van der Waals surface area contributed by atoms with E-state index in [1.165, 1.54) is 12.1 Å². The maximum Gasteiger partial charge on any atom is 0.411 e. The number of nitrogens with one attached hydrogen (secondary N) is 1. The van der Waals surface area contributed by atoms with Gasteiger partial charge >= 0.3 is 6.18 Å². The summed E-state index contributed by atoms with van der Waals surface area (Å²) in [7, 11) is 0. The van der Waals surface area contributed by atoms with Gasteiger partial charge < -0.3 is 11.1 Å². The highest BCUT2D eigenvalue weighted by Gasteiger charge is 2.63. The lowest BCUT2D eigenvalue weighted by Gasteiger charge is -2.23. The molecule has 0 atom stereocenters. The van der Waals surface area contributed by atoms with Gasteiger partial charge in [-0.25, -0.2) is 0 Å². The number of nitrogen functional groups attached to an aromatic ring is 1. The molecule has 0 aliphatic heterocycles. The van der Waals surface area contributed by atoms with Crippen molar-refractivity contribution in [3.05, 3.63) is 22.2 Å². The molecular weight excluding hydrogens is 276 g/mol. The number of rotatable bonds is 2. The standard InChI is InChI=1S/C10H9Cl2F3N2/c11-6-3-5(16)4-7(12)8(6)17-9(1-2-9)10(13,14)15/h3-4,17H,1-2,16H2. The molecule has 17 heavy (non-hydrogen) atoms. The summed E-state index contributed by atoms with van der Waals surface area (Å²) >= 11 is 11.6. The van der Waals surface area contributed by atoms with Crippen LogP contribution in [0.5, 0.6) is 0 Å². The van der Waals surface area contributed by atoms with Crippen LogP contribution in [0.2, 0.25) is 10.0 Å². The molecule has 1 aromatic carbocycles. The largest absolute Gasteiger partial charge is 0.411 e. The van der Waals surface area contributed by atoms with Crippen LogP contribution in [-0.2, 0) is 0 Å². The summed E-state index contributed by atoms with van der Waals surface area (Å²) in [6, 6.07) is 2.73. The van der Waals surface area contributed by atoms with Crippen molar-refractivity contribution in [1.82, 2.24) is 0 Å². The maximum absolute atomic E-state index is 12.8. The smallest absolute Gasteiger partial charge is 0.399 e. The van der Waals surface area contributed by atoms with Gasteiger partial charge in [-0.2, -0.15) is 13.2 Å². The van der Waals surface area contributed by atoms with Crippen LogP contribution in [0.4, 0.5) is 24.5 Å². The molecule has 0 aromatic heterocycles. The Morgan fingerprint density at radius 3 is 2.00 bits per heavy atom. The summed E-state index contributed by atoms with van der Waals surface area (Å²) in [5.74, 6) is 0. The topological polar surface area (TPSA) is 38.0 Å².